The van der Waals surface area contributed by atoms with Crippen molar-refractivity contribution in [3.8, 4) is 12.3 Å². The van der Waals surface area contributed by atoms with Crippen LogP contribution in [0.1, 0.15) is 31.0 Å². The van der Waals surface area contributed by atoms with Gasteiger partial charge in [0.05, 0.1) is 6.04 Å². The number of pyridine rings is 1. The molecular formula is C12H16N2. The summed E-state index contributed by atoms with van der Waals surface area (Å²) in [5, 5.41) is 3.26. The maximum atomic E-state index is 5.48. The molecular weight excluding hydrogens is 172 g/mol. The van der Waals surface area contributed by atoms with E-state index in [2.05, 4.69) is 30.1 Å². The molecule has 1 aromatic heterocycles. The molecule has 1 unspecified atom stereocenters. The second-order valence-corrected chi connectivity index (χ2v) is 3.09. The minimum absolute atomic E-state index is 0.0120. The zero-order valence-electron chi connectivity index (χ0n) is 8.75. The Morgan fingerprint density at radius 1 is 1.57 bits per heavy atom. The van der Waals surface area contributed by atoms with Crippen LogP contribution in [-0.2, 0) is 6.42 Å². The number of nitrogens with zero attached hydrogens (tertiary/aromatic N) is 1. The summed E-state index contributed by atoms with van der Waals surface area (Å²) in [7, 11) is 0. The summed E-state index contributed by atoms with van der Waals surface area (Å²) in [5.74, 6) is 2.76. The molecule has 0 aliphatic carbocycles. The van der Waals surface area contributed by atoms with Crippen LogP contribution in [0.3, 0.4) is 0 Å². The number of nitrogens with one attached hydrogen (secondary N) is 1. The highest BCUT2D eigenvalue weighted by Crippen LogP contribution is 2.16. The maximum Gasteiger partial charge on any atom is 0.0946 e. The zero-order valence-corrected chi connectivity index (χ0v) is 8.75. The first-order valence-electron chi connectivity index (χ1n) is 4.95. The van der Waals surface area contributed by atoms with E-state index in [0.717, 1.165) is 13.0 Å². The molecule has 1 atom stereocenters. The largest absolute Gasteiger partial charge is 0.300 e. The van der Waals surface area contributed by atoms with Gasteiger partial charge in [0.1, 0.15) is 0 Å². The molecule has 1 rings (SSSR count). The first-order chi connectivity index (χ1) is 6.83. The second-order valence-electron chi connectivity index (χ2n) is 3.09. The van der Waals surface area contributed by atoms with Gasteiger partial charge in [-0.25, -0.2) is 0 Å². The van der Waals surface area contributed by atoms with Crippen molar-refractivity contribution < 1.29 is 0 Å². The molecule has 1 aromatic rings. The van der Waals surface area contributed by atoms with Crippen LogP contribution in [-0.4, -0.2) is 11.5 Å². The highest BCUT2D eigenvalue weighted by atomic mass is 14.9. The van der Waals surface area contributed by atoms with Crippen molar-refractivity contribution in [1.82, 2.24) is 10.3 Å². The van der Waals surface area contributed by atoms with E-state index < -0.39 is 0 Å². The predicted octanol–water partition coefficient (Wildman–Crippen LogP) is 1.93. The van der Waals surface area contributed by atoms with Gasteiger partial charge in [0.15, 0.2) is 0 Å². The lowest BCUT2D eigenvalue weighted by atomic mass is 10.0. The first kappa shape index (κ1) is 10.7. The third-order valence-electron chi connectivity index (χ3n) is 2.21. The molecule has 0 saturated heterocycles. The predicted molar refractivity (Wildman–Crippen MR) is 58.9 cm³/mol. The average Bonchev–Trinajstić information content (AvgIpc) is 2.26. The Kier molecular flexibility index (Phi) is 4.15. The van der Waals surface area contributed by atoms with Crippen molar-refractivity contribution in [3.63, 3.8) is 0 Å². The number of rotatable bonds is 4. The third kappa shape index (κ3) is 2.34. The fourth-order valence-electron chi connectivity index (χ4n) is 1.48. The molecule has 0 saturated carbocycles. The highest BCUT2D eigenvalue weighted by Gasteiger charge is 2.09. The van der Waals surface area contributed by atoms with E-state index in [1.54, 1.807) is 6.20 Å². The third-order valence-corrected chi connectivity index (χ3v) is 2.21. The van der Waals surface area contributed by atoms with Crippen LogP contribution in [0.15, 0.2) is 18.5 Å². The van der Waals surface area contributed by atoms with Crippen molar-refractivity contribution in [2.45, 2.75) is 26.3 Å². The van der Waals surface area contributed by atoms with E-state index in [0.29, 0.717) is 0 Å². The fraction of sp³-hybridized carbons (Fsp3) is 0.417. The van der Waals surface area contributed by atoms with Gasteiger partial charge in [-0.3, -0.25) is 4.98 Å². The summed E-state index contributed by atoms with van der Waals surface area (Å²) in [5.41, 5.74) is 2.39. The van der Waals surface area contributed by atoms with Gasteiger partial charge in [0, 0.05) is 12.4 Å². The summed E-state index contributed by atoms with van der Waals surface area (Å²) in [6, 6.07) is 2.00. The topological polar surface area (TPSA) is 24.9 Å². The van der Waals surface area contributed by atoms with E-state index in [4.69, 9.17) is 6.42 Å². The van der Waals surface area contributed by atoms with Gasteiger partial charge < -0.3 is 5.32 Å². The van der Waals surface area contributed by atoms with Gasteiger partial charge in [0.2, 0.25) is 0 Å². The Hall–Kier alpha value is -1.33. The average molecular weight is 188 g/mol. The van der Waals surface area contributed by atoms with Crippen molar-refractivity contribution in [2.75, 3.05) is 6.54 Å². The SMILES string of the molecule is C#CC(NCC)c1ccncc1CC. The van der Waals surface area contributed by atoms with Crippen LogP contribution in [0, 0.1) is 12.3 Å². The summed E-state index contributed by atoms with van der Waals surface area (Å²) in [6.45, 7) is 5.04. The summed E-state index contributed by atoms with van der Waals surface area (Å²) >= 11 is 0. The van der Waals surface area contributed by atoms with E-state index in [1.807, 2.05) is 12.3 Å². The molecule has 0 fully saturated rings. The van der Waals surface area contributed by atoms with Crippen LogP contribution in [0.2, 0.25) is 0 Å². The monoisotopic (exact) mass is 188 g/mol. The minimum atomic E-state index is 0.0120. The van der Waals surface area contributed by atoms with E-state index in [1.165, 1.54) is 11.1 Å². The Morgan fingerprint density at radius 2 is 2.36 bits per heavy atom. The summed E-state index contributed by atoms with van der Waals surface area (Å²) < 4.78 is 0. The summed E-state index contributed by atoms with van der Waals surface area (Å²) in [4.78, 5) is 4.10. The Labute approximate surface area is 85.8 Å². The molecule has 2 heteroatoms. The molecule has 74 valence electrons. The Balaban J connectivity index is 2.97. The lowest BCUT2D eigenvalue weighted by Crippen LogP contribution is -2.20. The molecule has 0 aromatic carbocycles. The molecule has 0 aliphatic rings. The lowest BCUT2D eigenvalue weighted by Gasteiger charge is -2.14. The van der Waals surface area contributed by atoms with E-state index in [9.17, 15) is 0 Å². The number of hydrogen-bond donors (Lipinski definition) is 1. The standard InChI is InChI=1S/C12H16N2/c1-4-10-9-13-8-7-11(10)12(5-2)14-6-3/h2,7-9,12,14H,4,6H2,1,3H3. The highest BCUT2D eigenvalue weighted by molar-refractivity contribution is 5.31. The van der Waals surface area contributed by atoms with Crippen LogP contribution in [0.4, 0.5) is 0 Å². The van der Waals surface area contributed by atoms with Crippen LogP contribution in [0.5, 0.6) is 0 Å². The first-order valence-corrected chi connectivity index (χ1v) is 4.95. The molecule has 0 amide bonds. The van der Waals surface area contributed by atoms with Crippen molar-refractivity contribution in [2.24, 2.45) is 0 Å². The Morgan fingerprint density at radius 3 is 2.93 bits per heavy atom. The van der Waals surface area contributed by atoms with Gasteiger partial charge in [0.25, 0.3) is 0 Å². The maximum absolute atomic E-state index is 5.48. The number of aryl methyl sites for hydroxylation is 1. The van der Waals surface area contributed by atoms with Gasteiger partial charge in [-0.15, -0.1) is 6.42 Å². The molecule has 14 heavy (non-hydrogen) atoms. The van der Waals surface area contributed by atoms with Crippen molar-refractivity contribution in [1.29, 1.82) is 0 Å². The molecule has 1 heterocycles. The van der Waals surface area contributed by atoms with E-state index in [-0.39, 0.29) is 6.04 Å². The molecule has 0 radical (unpaired) electrons. The fourth-order valence-corrected chi connectivity index (χ4v) is 1.48. The van der Waals surface area contributed by atoms with Crippen molar-refractivity contribution >= 4 is 0 Å². The number of terminal acetylenes is 1. The minimum Gasteiger partial charge on any atom is -0.300 e. The smallest absolute Gasteiger partial charge is 0.0946 e. The van der Waals surface area contributed by atoms with Crippen LogP contribution in [0.25, 0.3) is 0 Å². The number of aromatic nitrogens is 1. The second kappa shape index (κ2) is 5.41. The molecule has 0 spiro atoms. The van der Waals surface area contributed by atoms with Gasteiger partial charge in [-0.1, -0.05) is 19.8 Å². The van der Waals surface area contributed by atoms with Crippen molar-refractivity contribution in [3.05, 3.63) is 29.6 Å². The lowest BCUT2D eigenvalue weighted by molar-refractivity contribution is 0.658. The number of hydrogen-bond acceptors (Lipinski definition) is 2. The van der Waals surface area contributed by atoms with Gasteiger partial charge in [-0.2, -0.15) is 0 Å². The quantitative estimate of drug-likeness (QED) is 0.730. The van der Waals surface area contributed by atoms with Gasteiger partial charge in [-0.05, 0) is 30.2 Å². The summed E-state index contributed by atoms with van der Waals surface area (Å²) in [6.07, 6.45) is 10.1. The molecule has 2 nitrogen and oxygen atoms in total. The molecule has 0 bridgehead atoms. The normalized spacial score (nSPS) is 12.1. The Bertz CT molecular complexity index is 325. The van der Waals surface area contributed by atoms with Crippen LogP contribution >= 0.6 is 0 Å². The zero-order chi connectivity index (χ0) is 10.4. The molecule has 0 aliphatic heterocycles. The molecule has 1 N–H and O–H groups in total. The van der Waals surface area contributed by atoms with E-state index >= 15 is 0 Å². The van der Waals surface area contributed by atoms with Gasteiger partial charge >= 0.3 is 0 Å². The van der Waals surface area contributed by atoms with Crippen LogP contribution < -0.4 is 5.32 Å².